The van der Waals surface area contributed by atoms with Crippen molar-refractivity contribution in [2.75, 3.05) is 18.1 Å². The lowest BCUT2D eigenvalue weighted by atomic mass is 10.3. The summed E-state index contributed by atoms with van der Waals surface area (Å²) >= 11 is 3.12. The van der Waals surface area contributed by atoms with E-state index in [0.717, 1.165) is 26.0 Å². The van der Waals surface area contributed by atoms with Gasteiger partial charge in [0.15, 0.2) is 0 Å². The number of rotatable bonds is 3. The number of primary amides is 1. The van der Waals surface area contributed by atoms with E-state index in [4.69, 9.17) is 5.73 Å². The highest BCUT2D eigenvalue weighted by Gasteiger charge is 2.25. The molecular weight excluding hydrogens is 280 g/mol. The number of carbonyl (C=O) groups is 1. The standard InChI is InChI=1S/C12H12N4OS2/c1-14-6-2-3-7-9(4-6)19-12(15-7)11-16-8(5-18-11)10(13)17/h2-4,8,14H,5H2,1H3,(H2,13,17)/t8-/m1/s1. The molecule has 0 spiro atoms. The summed E-state index contributed by atoms with van der Waals surface area (Å²) in [4.78, 5) is 20.0. The molecule has 3 rings (SSSR count). The van der Waals surface area contributed by atoms with E-state index >= 15 is 0 Å². The third kappa shape index (κ3) is 2.31. The summed E-state index contributed by atoms with van der Waals surface area (Å²) in [6, 6.07) is 5.61. The van der Waals surface area contributed by atoms with Crippen LogP contribution in [0.3, 0.4) is 0 Å². The number of nitrogens with one attached hydrogen (secondary N) is 1. The van der Waals surface area contributed by atoms with Crippen LogP contribution in [-0.2, 0) is 4.79 Å². The number of aliphatic imine (C=N–C) groups is 1. The zero-order valence-corrected chi connectivity index (χ0v) is 11.8. The molecule has 3 N–H and O–H groups in total. The maximum atomic E-state index is 11.1. The topological polar surface area (TPSA) is 80.4 Å². The molecular formula is C12H12N4OS2. The van der Waals surface area contributed by atoms with Gasteiger partial charge in [0.05, 0.1) is 10.2 Å². The van der Waals surface area contributed by atoms with Gasteiger partial charge in [0, 0.05) is 18.5 Å². The van der Waals surface area contributed by atoms with Crippen molar-refractivity contribution in [2.24, 2.45) is 10.7 Å². The van der Waals surface area contributed by atoms with Crippen LogP contribution in [0.2, 0.25) is 0 Å². The largest absolute Gasteiger partial charge is 0.388 e. The normalized spacial score (nSPS) is 18.6. The average Bonchev–Trinajstić information content (AvgIpc) is 3.04. The van der Waals surface area contributed by atoms with Crippen LogP contribution in [-0.4, -0.2) is 34.8 Å². The Labute approximate surface area is 118 Å². The van der Waals surface area contributed by atoms with Gasteiger partial charge in [-0.2, -0.15) is 0 Å². The number of thiazole rings is 1. The van der Waals surface area contributed by atoms with Crippen LogP contribution >= 0.6 is 23.1 Å². The van der Waals surface area contributed by atoms with Crippen molar-refractivity contribution < 1.29 is 4.79 Å². The molecule has 98 valence electrons. The molecule has 1 aromatic carbocycles. The highest BCUT2D eigenvalue weighted by Crippen LogP contribution is 2.30. The fourth-order valence-electron chi connectivity index (χ4n) is 1.81. The quantitative estimate of drug-likeness (QED) is 0.902. The van der Waals surface area contributed by atoms with Crippen molar-refractivity contribution in [1.82, 2.24) is 4.98 Å². The van der Waals surface area contributed by atoms with Gasteiger partial charge in [-0.15, -0.1) is 23.1 Å². The van der Waals surface area contributed by atoms with Crippen molar-refractivity contribution in [3.63, 3.8) is 0 Å². The molecule has 1 aromatic heterocycles. The van der Waals surface area contributed by atoms with E-state index < -0.39 is 6.04 Å². The second-order valence-electron chi connectivity index (χ2n) is 4.11. The number of thioether (sulfide) groups is 1. The molecule has 7 heteroatoms. The predicted octanol–water partition coefficient (Wildman–Crippen LogP) is 1.69. The summed E-state index contributed by atoms with van der Waals surface area (Å²) in [6.07, 6.45) is 0. The summed E-state index contributed by atoms with van der Waals surface area (Å²) in [5.74, 6) is 0.239. The predicted molar refractivity (Wildman–Crippen MR) is 81.1 cm³/mol. The highest BCUT2D eigenvalue weighted by atomic mass is 32.2. The molecule has 1 atom stereocenters. The number of nitrogens with two attached hydrogens (primary N) is 1. The number of carbonyl (C=O) groups excluding carboxylic acids is 1. The Hall–Kier alpha value is -1.60. The Morgan fingerprint density at radius 2 is 2.37 bits per heavy atom. The van der Waals surface area contributed by atoms with Gasteiger partial charge in [-0.1, -0.05) is 0 Å². The second-order valence-corrected chi connectivity index (χ2v) is 6.15. The summed E-state index contributed by atoms with van der Waals surface area (Å²) in [7, 11) is 1.89. The minimum atomic E-state index is -0.417. The molecule has 0 saturated carbocycles. The first kappa shape index (κ1) is 12.4. The number of aromatic nitrogens is 1. The van der Waals surface area contributed by atoms with E-state index in [0.29, 0.717) is 5.75 Å². The van der Waals surface area contributed by atoms with Gasteiger partial charge in [-0.3, -0.25) is 9.79 Å². The molecule has 0 saturated heterocycles. The van der Waals surface area contributed by atoms with E-state index in [1.165, 1.54) is 11.8 Å². The number of fused-ring (bicyclic) bond motifs is 1. The molecule has 5 nitrogen and oxygen atoms in total. The fraction of sp³-hybridized carbons (Fsp3) is 0.250. The van der Waals surface area contributed by atoms with Crippen molar-refractivity contribution in [2.45, 2.75) is 6.04 Å². The molecule has 0 fully saturated rings. The second kappa shape index (κ2) is 4.82. The zero-order valence-electron chi connectivity index (χ0n) is 10.2. The van der Waals surface area contributed by atoms with Gasteiger partial charge < -0.3 is 11.1 Å². The first-order valence-electron chi connectivity index (χ1n) is 5.76. The van der Waals surface area contributed by atoms with Gasteiger partial charge in [-0.05, 0) is 18.2 Å². The van der Waals surface area contributed by atoms with Crippen LogP contribution in [0.15, 0.2) is 23.2 Å². The van der Waals surface area contributed by atoms with E-state index in [-0.39, 0.29) is 5.91 Å². The zero-order chi connectivity index (χ0) is 13.4. The third-order valence-electron chi connectivity index (χ3n) is 2.84. The third-order valence-corrected chi connectivity index (χ3v) is 5.05. The Morgan fingerprint density at radius 3 is 3.05 bits per heavy atom. The molecule has 0 radical (unpaired) electrons. The van der Waals surface area contributed by atoms with Gasteiger partial charge in [0.1, 0.15) is 16.1 Å². The van der Waals surface area contributed by atoms with E-state index in [1.807, 2.05) is 19.2 Å². The summed E-state index contributed by atoms with van der Waals surface area (Å²) in [6.45, 7) is 0. The summed E-state index contributed by atoms with van der Waals surface area (Å²) in [5, 5.41) is 4.78. The number of benzene rings is 1. The molecule has 1 aliphatic heterocycles. The van der Waals surface area contributed by atoms with Crippen LogP contribution in [0.1, 0.15) is 5.01 Å². The lowest BCUT2D eigenvalue weighted by Gasteiger charge is -1.96. The van der Waals surface area contributed by atoms with E-state index in [1.54, 1.807) is 11.3 Å². The molecule has 1 amide bonds. The smallest absolute Gasteiger partial charge is 0.243 e. The van der Waals surface area contributed by atoms with Gasteiger partial charge >= 0.3 is 0 Å². The molecule has 2 aromatic rings. The van der Waals surface area contributed by atoms with Crippen molar-refractivity contribution in [3.8, 4) is 0 Å². The van der Waals surface area contributed by atoms with E-state index in [2.05, 4.69) is 21.4 Å². The lowest BCUT2D eigenvalue weighted by Crippen LogP contribution is -2.26. The number of hydrogen-bond donors (Lipinski definition) is 2. The molecule has 0 aliphatic carbocycles. The van der Waals surface area contributed by atoms with Crippen LogP contribution < -0.4 is 11.1 Å². The first-order valence-corrected chi connectivity index (χ1v) is 7.56. The number of amides is 1. The fourth-order valence-corrected chi connectivity index (χ4v) is 3.93. The molecule has 0 unspecified atom stereocenters. The Bertz CT molecular complexity index is 679. The van der Waals surface area contributed by atoms with Gasteiger partial charge in [0.25, 0.3) is 0 Å². The minimum Gasteiger partial charge on any atom is -0.388 e. The van der Waals surface area contributed by atoms with E-state index in [9.17, 15) is 4.79 Å². The maximum absolute atomic E-state index is 11.1. The molecule has 0 bridgehead atoms. The van der Waals surface area contributed by atoms with Crippen LogP contribution in [0.4, 0.5) is 5.69 Å². The van der Waals surface area contributed by atoms with Gasteiger partial charge in [0.2, 0.25) is 5.91 Å². The Kier molecular flexibility index (Phi) is 3.16. The highest BCUT2D eigenvalue weighted by molar-refractivity contribution is 8.15. The first-order chi connectivity index (χ1) is 9.17. The van der Waals surface area contributed by atoms with Crippen LogP contribution in [0.25, 0.3) is 10.2 Å². The number of nitrogens with zero attached hydrogens (tertiary/aromatic N) is 2. The molecule has 2 heterocycles. The monoisotopic (exact) mass is 292 g/mol. The minimum absolute atomic E-state index is 0.374. The Balaban J connectivity index is 1.98. The average molecular weight is 292 g/mol. The van der Waals surface area contributed by atoms with Crippen LogP contribution in [0, 0.1) is 0 Å². The number of hydrogen-bond acceptors (Lipinski definition) is 6. The van der Waals surface area contributed by atoms with Crippen LogP contribution in [0.5, 0.6) is 0 Å². The van der Waals surface area contributed by atoms with Crippen molar-refractivity contribution in [3.05, 3.63) is 23.2 Å². The summed E-state index contributed by atoms with van der Waals surface area (Å²) in [5.41, 5.74) is 7.27. The summed E-state index contributed by atoms with van der Waals surface area (Å²) < 4.78 is 1.10. The SMILES string of the molecule is CNc1ccc2nc(C3=N[C@@H](C(N)=O)CS3)sc2c1. The van der Waals surface area contributed by atoms with Crippen molar-refractivity contribution >= 4 is 50.0 Å². The van der Waals surface area contributed by atoms with Gasteiger partial charge in [-0.25, -0.2) is 4.98 Å². The maximum Gasteiger partial charge on any atom is 0.243 e. The molecule has 19 heavy (non-hydrogen) atoms. The number of anilines is 1. The lowest BCUT2D eigenvalue weighted by molar-refractivity contribution is -0.118. The Morgan fingerprint density at radius 1 is 1.53 bits per heavy atom. The van der Waals surface area contributed by atoms with Crippen molar-refractivity contribution in [1.29, 1.82) is 0 Å². The molecule has 1 aliphatic rings.